The number of rotatable bonds is 5. The van der Waals surface area contributed by atoms with E-state index in [1.807, 2.05) is 6.92 Å². The van der Waals surface area contributed by atoms with Gasteiger partial charge in [0.05, 0.1) is 11.8 Å². The lowest BCUT2D eigenvalue weighted by Gasteiger charge is -2.18. The van der Waals surface area contributed by atoms with Crippen LogP contribution in [0.1, 0.15) is 30.0 Å². The van der Waals surface area contributed by atoms with Crippen molar-refractivity contribution >= 4 is 11.9 Å². The van der Waals surface area contributed by atoms with Gasteiger partial charge >= 0.3 is 5.97 Å². The van der Waals surface area contributed by atoms with Gasteiger partial charge < -0.3 is 14.4 Å². The monoisotopic (exact) mass is 225 g/mol. The molecule has 0 aromatic carbocycles. The lowest BCUT2D eigenvalue weighted by atomic mass is 10.2. The van der Waals surface area contributed by atoms with Crippen LogP contribution >= 0.6 is 0 Å². The van der Waals surface area contributed by atoms with Crippen LogP contribution < -0.4 is 0 Å². The van der Waals surface area contributed by atoms with Gasteiger partial charge in [-0.3, -0.25) is 9.59 Å². The van der Waals surface area contributed by atoms with Crippen molar-refractivity contribution in [1.82, 2.24) is 4.90 Å². The Bertz CT molecular complexity index is 383. The molecule has 0 atom stereocenters. The molecule has 0 saturated heterocycles. The summed E-state index contributed by atoms with van der Waals surface area (Å²) < 4.78 is 5.14. The van der Waals surface area contributed by atoms with E-state index in [-0.39, 0.29) is 12.5 Å². The Morgan fingerprint density at radius 1 is 1.44 bits per heavy atom. The molecule has 0 saturated carbocycles. The SMILES string of the molecule is CCc1occc1C(=O)N(CC)CC(=O)O. The highest BCUT2D eigenvalue weighted by molar-refractivity contribution is 5.96. The van der Waals surface area contributed by atoms with Crippen LogP contribution in [0.2, 0.25) is 0 Å². The maximum atomic E-state index is 12.0. The second-order valence-electron chi connectivity index (χ2n) is 3.32. The second kappa shape index (κ2) is 5.34. The molecule has 88 valence electrons. The molecule has 0 unspecified atom stereocenters. The number of nitrogens with zero attached hydrogens (tertiary/aromatic N) is 1. The van der Waals surface area contributed by atoms with Gasteiger partial charge in [0.2, 0.25) is 0 Å². The zero-order chi connectivity index (χ0) is 12.1. The summed E-state index contributed by atoms with van der Waals surface area (Å²) in [6.07, 6.45) is 2.05. The molecule has 5 nitrogen and oxygen atoms in total. The highest BCUT2D eigenvalue weighted by Gasteiger charge is 2.20. The third-order valence-electron chi connectivity index (χ3n) is 2.29. The van der Waals surface area contributed by atoms with Crippen LogP contribution in [0.25, 0.3) is 0 Å². The van der Waals surface area contributed by atoms with Crippen molar-refractivity contribution in [3.05, 3.63) is 23.7 Å². The predicted molar refractivity (Wildman–Crippen MR) is 57.3 cm³/mol. The van der Waals surface area contributed by atoms with Crippen molar-refractivity contribution in [1.29, 1.82) is 0 Å². The summed E-state index contributed by atoms with van der Waals surface area (Å²) in [5, 5.41) is 8.67. The molecule has 0 fully saturated rings. The van der Waals surface area contributed by atoms with E-state index in [1.54, 1.807) is 13.0 Å². The standard InChI is InChI=1S/C11H15NO4/c1-3-9-8(5-6-16-9)11(15)12(4-2)7-10(13)14/h5-6H,3-4,7H2,1-2H3,(H,13,14). The Kier molecular flexibility index (Phi) is 4.10. The lowest BCUT2D eigenvalue weighted by molar-refractivity contribution is -0.137. The van der Waals surface area contributed by atoms with E-state index in [4.69, 9.17) is 9.52 Å². The number of aliphatic carboxylic acids is 1. The summed E-state index contributed by atoms with van der Waals surface area (Å²) in [4.78, 5) is 23.8. The second-order valence-corrected chi connectivity index (χ2v) is 3.32. The number of carboxylic acid groups (broad SMARTS) is 1. The minimum absolute atomic E-state index is 0.288. The van der Waals surface area contributed by atoms with Crippen LogP contribution in [0.4, 0.5) is 0 Å². The Morgan fingerprint density at radius 3 is 2.62 bits per heavy atom. The van der Waals surface area contributed by atoms with Crippen molar-refractivity contribution in [2.24, 2.45) is 0 Å². The van der Waals surface area contributed by atoms with Gasteiger partial charge in [0.25, 0.3) is 5.91 Å². The smallest absolute Gasteiger partial charge is 0.323 e. The van der Waals surface area contributed by atoms with Crippen LogP contribution in [-0.4, -0.2) is 35.0 Å². The molecule has 0 spiro atoms. The number of carbonyl (C=O) groups is 2. The zero-order valence-corrected chi connectivity index (χ0v) is 9.40. The number of hydrogen-bond donors (Lipinski definition) is 1. The number of carboxylic acids is 1. The molecule has 1 aromatic rings. The quantitative estimate of drug-likeness (QED) is 0.822. The first-order valence-corrected chi connectivity index (χ1v) is 5.17. The first-order chi connectivity index (χ1) is 7.60. The molecule has 0 bridgehead atoms. The van der Waals surface area contributed by atoms with Crippen LogP contribution in [0.15, 0.2) is 16.7 Å². The first kappa shape index (κ1) is 12.3. The maximum absolute atomic E-state index is 12.0. The molecule has 0 aliphatic carbocycles. The summed E-state index contributed by atoms with van der Waals surface area (Å²) in [6.45, 7) is 3.69. The Hall–Kier alpha value is -1.78. The molecule has 0 aliphatic rings. The molecule has 1 N–H and O–H groups in total. The summed E-state index contributed by atoms with van der Waals surface area (Å²) in [6, 6.07) is 1.58. The maximum Gasteiger partial charge on any atom is 0.323 e. The van der Waals surface area contributed by atoms with E-state index >= 15 is 0 Å². The van der Waals surface area contributed by atoms with E-state index in [2.05, 4.69) is 0 Å². The zero-order valence-electron chi connectivity index (χ0n) is 9.40. The van der Waals surface area contributed by atoms with Crippen molar-refractivity contribution in [3.63, 3.8) is 0 Å². The fourth-order valence-corrected chi connectivity index (χ4v) is 1.47. The van der Waals surface area contributed by atoms with E-state index in [0.717, 1.165) is 0 Å². The molecule has 0 aliphatic heterocycles. The number of carbonyl (C=O) groups excluding carboxylic acids is 1. The number of amides is 1. The first-order valence-electron chi connectivity index (χ1n) is 5.17. The van der Waals surface area contributed by atoms with Gasteiger partial charge in [-0.2, -0.15) is 0 Å². The largest absolute Gasteiger partial charge is 0.480 e. The minimum Gasteiger partial charge on any atom is -0.480 e. The van der Waals surface area contributed by atoms with Crippen LogP contribution in [0, 0.1) is 0 Å². The van der Waals surface area contributed by atoms with Crippen LogP contribution in [-0.2, 0) is 11.2 Å². The minimum atomic E-state index is -1.02. The molecule has 1 aromatic heterocycles. The normalized spacial score (nSPS) is 10.1. The summed E-state index contributed by atoms with van der Waals surface area (Å²) in [5.74, 6) is -0.721. The van der Waals surface area contributed by atoms with Crippen LogP contribution in [0.5, 0.6) is 0 Å². The summed E-state index contributed by atoms with van der Waals surface area (Å²) in [7, 11) is 0. The number of aryl methyl sites for hydroxylation is 1. The summed E-state index contributed by atoms with van der Waals surface area (Å²) in [5.41, 5.74) is 0.450. The van der Waals surface area contributed by atoms with Gasteiger partial charge in [-0.1, -0.05) is 6.92 Å². The molecule has 1 rings (SSSR count). The van der Waals surface area contributed by atoms with Gasteiger partial charge in [0.1, 0.15) is 12.3 Å². The van der Waals surface area contributed by atoms with Crippen molar-refractivity contribution in [2.45, 2.75) is 20.3 Å². The van der Waals surface area contributed by atoms with Crippen molar-refractivity contribution in [3.8, 4) is 0 Å². The van der Waals surface area contributed by atoms with Crippen LogP contribution in [0.3, 0.4) is 0 Å². The average Bonchev–Trinajstić information content (AvgIpc) is 2.72. The molecule has 16 heavy (non-hydrogen) atoms. The summed E-state index contributed by atoms with van der Waals surface area (Å²) >= 11 is 0. The van der Waals surface area contributed by atoms with E-state index in [1.165, 1.54) is 11.2 Å². The average molecular weight is 225 g/mol. The van der Waals surface area contributed by atoms with Gasteiger partial charge in [-0.15, -0.1) is 0 Å². The third-order valence-corrected chi connectivity index (χ3v) is 2.29. The topological polar surface area (TPSA) is 70.8 Å². The number of likely N-dealkylation sites (N-methyl/N-ethyl adjacent to an activating group) is 1. The third kappa shape index (κ3) is 2.62. The predicted octanol–water partition coefficient (Wildman–Crippen LogP) is 1.39. The van der Waals surface area contributed by atoms with Gasteiger partial charge in [-0.25, -0.2) is 0 Å². The fraction of sp³-hybridized carbons (Fsp3) is 0.455. The van der Waals surface area contributed by atoms with Gasteiger partial charge in [-0.05, 0) is 13.0 Å². The Labute approximate surface area is 93.7 Å². The molecule has 1 amide bonds. The molecule has 0 radical (unpaired) electrons. The van der Waals surface area contributed by atoms with Gasteiger partial charge in [0.15, 0.2) is 0 Å². The molecular formula is C11H15NO4. The Balaban J connectivity index is 2.86. The molecule has 1 heterocycles. The number of hydrogen-bond acceptors (Lipinski definition) is 3. The Morgan fingerprint density at radius 2 is 2.12 bits per heavy atom. The van der Waals surface area contributed by atoms with E-state index < -0.39 is 5.97 Å². The van der Waals surface area contributed by atoms with Crippen molar-refractivity contribution in [2.75, 3.05) is 13.1 Å². The lowest BCUT2D eigenvalue weighted by Crippen LogP contribution is -2.35. The van der Waals surface area contributed by atoms with E-state index in [0.29, 0.717) is 24.3 Å². The van der Waals surface area contributed by atoms with Crippen molar-refractivity contribution < 1.29 is 19.1 Å². The molecule has 5 heteroatoms. The van der Waals surface area contributed by atoms with E-state index in [9.17, 15) is 9.59 Å². The highest BCUT2D eigenvalue weighted by Crippen LogP contribution is 2.13. The fourth-order valence-electron chi connectivity index (χ4n) is 1.47. The number of furan rings is 1. The van der Waals surface area contributed by atoms with Gasteiger partial charge in [0, 0.05) is 13.0 Å². The highest BCUT2D eigenvalue weighted by atomic mass is 16.4. The molecular weight excluding hydrogens is 210 g/mol.